The third kappa shape index (κ3) is 61.4. The van der Waals surface area contributed by atoms with Crippen LogP contribution in [0.2, 0.25) is 0 Å². The van der Waals surface area contributed by atoms with Crippen molar-refractivity contribution in [2.75, 3.05) is 13.2 Å². The van der Waals surface area contributed by atoms with Gasteiger partial charge in [0.25, 0.3) is 0 Å². The SMILES string of the molecule is CC/C=C\C/C=C\C/C=C\C/C=C\C/C=C\C/C=C\C/C=C\CCCCCCCCCCCCCCCC(=O)OCC(COC(=O)CCCCCCCCCCCC)OC(=O)CCCCCCCCCCCCCCC. The summed E-state index contributed by atoms with van der Waals surface area (Å²) in [4.78, 5) is 38.1. The summed E-state index contributed by atoms with van der Waals surface area (Å²) >= 11 is 0. The van der Waals surface area contributed by atoms with Crippen LogP contribution in [-0.4, -0.2) is 37.2 Å². The quantitative estimate of drug-likeness (QED) is 0.0261. The Hall–Kier alpha value is -3.41. The Balaban J connectivity index is 4.07. The van der Waals surface area contributed by atoms with Crippen LogP contribution in [0.5, 0.6) is 0 Å². The molecule has 0 aliphatic carbocycles. The maximum Gasteiger partial charge on any atom is 0.306 e. The second-order valence-corrected chi connectivity index (χ2v) is 21.7. The van der Waals surface area contributed by atoms with Crippen molar-refractivity contribution in [1.82, 2.24) is 0 Å². The summed E-state index contributed by atoms with van der Waals surface area (Å²) in [6, 6.07) is 0. The molecule has 0 saturated carbocycles. The van der Waals surface area contributed by atoms with Crippen molar-refractivity contribution in [1.29, 1.82) is 0 Å². The maximum atomic E-state index is 12.8. The van der Waals surface area contributed by atoms with Crippen LogP contribution in [0.15, 0.2) is 85.1 Å². The molecule has 0 spiro atoms. The van der Waals surface area contributed by atoms with Gasteiger partial charge in [0.1, 0.15) is 13.2 Å². The van der Waals surface area contributed by atoms with Gasteiger partial charge in [-0.05, 0) is 77.0 Å². The summed E-state index contributed by atoms with van der Waals surface area (Å²) in [7, 11) is 0. The van der Waals surface area contributed by atoms with Gasteiger partial charge in [-0.1, -0.05) is 311 Å². The van der Waals surface area contributed by atoms with Crippen molar-refractivity contribution in [3.05, 3.63) is 85.1 Å². The molecule has 0 fully saturated rings. The Morgan fingerprint density at radius 2 is 0.513 bits per heavy atom. The molecule has 76 heavy (non-hydrogen) atoms. The molecule has 0 bridgehead atoms. The van der Waals surface area contributed by atoms with Gasteiger partial charge in [0.05, 0.1) is 0 Å². The summed E-state index contributed by atoms with van der Waals surface area (Å²) in [5, 5.41) is 0. The van der Waals surface area contributed by atoms with Crippen molar-refractivity contribution >= 4 is 17.9 Å². The second-order valence-electron chi connectivity index (χ2n) is 21.7. The lowest BCUT2D eigenvalue weighted by molar-refractivity contribution is -0.167. The van der Waals surface area contributed by atoms with E-state index in [1.54, 1.807) is 0 Å². The zero-order valence-corrected chi connectivity index (χ0v) is 50.3. The number of allylic oxidation sites excluding steroid dienone is 14. The van der Waals surface area contributed by atoms with E-state index in [-0.39, 0.29) is 31.1 Å². The molecular formula is C70H122O6. The lowest BCUT2D eigenvalue weighted by Crippen LogP contribution is -2.30. The molecule has 0 aliphatic rings. The van der Waals surface area contributed by atoms with Gasteiger partial charge in [0.15, 0.2) is 6.10 Å². The standard InChI is InChI=1S/C70H122O6/c1-4-7-10-13-16-19-22-24-25-26-27-28-29-30-31-32-33-34-35-36-37-38-39-40-41-42-43-44-45-47-48-51-54-57-60-63-69(72)75-66-67(65-74-68(71)62-59-56-53-50-21-18-15-12-9-6-3)76-70(73)64-61-58-55-52-49-46-23-20-17-14-11-8-5-2/h7,10,16,19,24-25,27-28,30-31,33-34,36-37,67H,4-6,8-9,11-15,17-18,20-23,26,29,32,35,38-66H2,1-3H3/b10-7-,19-16-,25-24-,28-27-,31-30-,34-33-,37-36-. The molecule has 1 unspecified atom stereocenters. The molecular weight excluding hydrogens is 937 g/mol. The molecule has 0 saturated heterocycles. The number of carbonyl (C=O) groups excluding carboxylic acids is 3. The lowest BCUT2D eigenvalue weighted by Gasteiger charge is -2.18. The van der Waals surface area contributed by atoms with Gasteiger partial charge in [-0.3, -0.25) is 14.4 Å². The molecule has 0 aromatic heterocycles. The minimum absolute atomic E-state index is 0.0701. The molecule has 0 aromatic rings. The Bertz CT molecular complexity index is 1450. The molecule has 6 heteroatoms. The Kier molecular flexibility index (Phi) is 61.2. The van der Waals surface area contributed by atoms with Crippen molar-refractivity contribution < 1.29 is 28.6 Å². The highest BCUT2D eigenvalue weighted by molar-refractivity contribution is 5.71. The number of unbranched alkanes of at least 4 members (excludes halogenated alkanes) is 34. The lowest BCUT2D eigenvalue weighted by atomic mass is 10.0. The molecule has 0 amide bonds. The minimum Gasteiger partial charge on any atom is -0.462 e. The first-order valence-corrected chi connectivity index (χ1v) is 32.6. The fourth-order valence-corrected chi connectivity index (χ4v) is 9.31. The first-order chi connectivity index (χ1) is 37.5. The molecule has 438 valence electrons. The number of hydrogen-bond acceptors (Lipinski definition) is 6. The monoisotopic (exact) mass is 1060 g/mol. The maximum absolute atomic E-state index is 12.8. The molecule has 0 rings (SSSR count). The van der Waals surface area contributed by atoms with Crippen LogP contribution in [0.3, 0.4) is 0 Å². The van der Waals surface area contributed by atoms with Crippen LogP contribution < -0.4 is 0 Å². The molecule has 0 N–H and O–H groups in total. The first kappa shape index (κ1) is 72.6. The number of carbonyl (C=O) groups is 3. The van der Waals surface area contributed by atoms with E-state index >= 15 is 0 Å². The Labute approximate surface area is 471 Å². The number of rotatable bonds is 59. The number of ether oxygens (including phenoxy) is 3. The van der Waals surface area contributed by atoms with Crippen LogP contribution in [-0.2, 0) is 28.6 Å². The van der Waals surface area contributed by atoms with Crippen molar-refractivity contribution in [3.63, 3.8) is 0 Å². The highest BCUT2D eigenvalue weighted by atomic mass is 16.6. The number of hydrogen-bond donors (Lipinski definition) is 0. The van der Waals surface area contributed by atoms with E-state index in [0.29, 0.717) is 19.3 Å². The van der Waals surface area contributed by atoms with E-state index in [0.717, 1.165) is 103 Å². The Morgan fingerprint density at radius 3 is 0.803 bits per heavy atom. The summed E-state index contributed by atoms with van der Waals surface area (Å²) < 4.78 is 16.9. The fourth-order valence-electron chi connectivity index (χ4n) is 9.31. The molecule has 0 aromatic carbocycles. The first-order valence-electron chi connectivity index (χ1n) is 32.6. The molecule has 0 heterocycles. The fraction of sp³-hybridized carbons (Fsp3) is 0.757. The normalized spacial score (nSPS) is 12.6. The van der Waals surface area contributed by atoms with Crippen molar-refractivity contribution in [2.24, 2.45) is 0 Å². The summed E-state index contributed by atoms with van der Waals surface area (Å²) in [5.41, 5.74) is 0. The van der Waals surface area contributed by atoms with Crippen LogP contribution >= 0.6 is 0 Å². The molecule has 6 nitrogen and oxygen atoms in total. The largest absolute Gasteiger partial charge is 0.462 e. The van der Waals surface area contributed by atoms with Crippen LogP contribution in [0.1, 0.15) is 323 Å². The van der Waals surface area contributed by atoms with E-state index in [1.165, 1.54) is 180 Å². The van der Waals surface area contributed by atoms with Gasteiger partial charge in [-0.2, -0.15) is 0 Å². The van der Waals surface area contributed by atoms with E-state index in [4.69, 9.17) is 14.2 Å². The van der Waals surface area contributed by atoms with Gasteiger partial charge < -0.3 is 14.2 Å². The van der Waals surface area contributed by atoms with Gasteiger partial charge in [-0.25, -0.2) is 0 Å². The molecule has 0 radical (unpaired) electrons. The highest BCUT2D eigenvalue weighted by Gasteiger charge is 2.19. The zero-order valence-electron chi connectivity index (χ0n) is 50.3. The highest BCUT2D eigenvalue weighted by Crippen LogP contribution is 2.17. The van der Waals surface area contributed by atoms with Crippen molar-refractivity contribution in [3.8, 4) is 0 Å². The summed E-state index contributed by atoms with van der Waals surface area (Å²) in [6.45, 7) is 6.54. The smallest absolute Gasteiger partial charge is 0.306 e. The third-order valence-electron chi connectivity index (χ3n) is 14.2. The van der Waals surface area contributed by atoms with Crippen LogP contribution in [0.25, 0.3) is 0 Å². The van der Waals surface area contributed by atoms with Gasteiger partial charge in [0.2, 0.25) is 0 Å². The zero-order chi connectivity index (χ0) is 55.0. The predicted molar refractivity (Wildman–Crippen MR) is 330 cm³/mol. The molecule has 1 atom stereocenters. The topological polar surface area (TPSA) is 78.9 Å². The van der Waals surface area contributed by atoms with E-state index in [2.05, 4.69) is 106 Å². The van der Waals surface area contributed by atoms with E-state index < -0.39 is 6.10 Å². The van der Waals surface area contributed by atoms with E-state index in [1.807, 2.05) is 0 Å². The minimum atomic E-state index is -0.770. The van der Waals surface area contributed by atoms with E-state index in [9.17, 15) is 14.4 Å². The predicted octanol–water partition coefficient (Wildman–Crippen LogP) is 22.3. The Morgan fingerprint density at radius 1 is 0.276 bits per heavy atom. The summed E-state index contributed by atoms with van der Waals surface area (Å²) in [6.07, 6.45) is 84.7. The molecule has 0 aliphatic heterocycles. The van der Waals surface area contributed by atoms with Gasteiger partial charge >= 0.3 is 17.9 Å². The van der Waals surface area contributed by atoms with Gasteiger partial charge in [0, 0.05) is 19.3 Å². The average molecular weight is 1060 g/mol. The third-order valence-corrected chi connectivity index (χ3v) is 14.2. The van der Waals surface area contributed by atoms with Crippen LogP contribution in [0.4, 0.5) is 0 Å². The average Bonchev–Trinajstić information content (AvgIpc) is 3.42. The van der Waals surface area contributed by atoms with Crippen LogP contribution in [0, 0.1) is 0 Å². The van der Waals surface area contributed by atoms with Gasteiger partial charge in [-0.15, -0.1) is 0 Å². The number of esters is 3. The summed E-state index contributed by atoms with van der Waals surface area (Å²) in [5.74, 6) is -0.859. The van der Waals surface area contributed by atoms with Crippen molar-refractivity contribution in [2.45, 2.75) is 329 Å². The second kappa shape index (κ2) is 64.1.